The van der Waals surface area contributed by atoms with Crippen LogP contribution in [0.3, 0.4) is 0 Å². The maximum atomic E-state index is 12.9. The molecule has 32 heavy (non-hydrogen) atoms. The van der Waals surface area contributed by atoms with Gasteiger partial charge >= 0.3 is 5.63 Å². The lowest BCUT2D eigenvalue weighted by atomic mass is 10.0. The third-order valence-electron chi connectivity index (χ3n) is 6.17. The number of carbonyl (C=O) groups is 1. The number of aryl methyl sites for hydroxylation is 1. The van der Waals surface area contributed by atoms with Crippen molar-refractivity contribution in [2.24, 2.45) is 0 Å². The van der Waals surface area contributed by atoms with Gasteiger partial charge in [0.1, 0.15) is 11.3 Å². The van der Waals surface area contributed by atoms with Crippen molar-refractivity contribution >= 4 is 16.9 Å². The first-order chi connectivity index (χ1) is 15.5. The summed E-state index contributed by atoms with van der Waals surface area (Å²) in [5.74, 6) is 1.49. The number of aromatic hydroxyl groups is 1. The highest BCUT2D eigenvalue weighted by atomic mass is 16.7. The van der Waals surface area contributed by atoms with E-state index in [-0.39, 0.29) is 24.9 Å². The van der Waals surface area contributed by atoms with Crippen LogP contribution in [-0.4, -0.2) is 53.8 Å². The zero-order chi connectivity index (χ0) is 22.2. The molecule has 0 unspecified atom stereocenters. The number of carbonyl (C=O) groups excluding carboxylic acids is 1. The Kier molecular flexibility index (Phi) is 5.22. The zero-order valence-corrected chi connectivity index (χ0v) is 17.8. The molecule has 1 aromatic heterocycles. The van der Waals surface area contributed by atoms with E-state index in [0.29, 0.717) is 29.8 Å². The molecule has 5 rings (SSSR count). The first kappa shape index (κ1) is 20.4. The molecule has 166 valence electrons. The molecule has 1 amide bonds. The molecule has 2 aromatic carbocycles. The van der Waals surface area contributed by atoms with Crippen molar-refractivity contribution < 1.29 is 23.8 Å². The molecule has 0 spiro atoms. The van der Waals surface area contributed by atoms with E-state index in [2.05, 4.69) is 4.90 Å². The second-order valence-corrected chi connectivity index (χ2v) is 8.19. The van der Waals surface area contributed by atoms with E-state index in [4.69, 9.17) is 13.9 Å². The molecule has 2 aliphatic heterocycles. The van der Waals surface area contributed by atoms with E-state index >= 15 is 0 Å². The average Bonchev–Trinajstić information content (AvgIpc) is 3.25. The summed E-state index contributed by atoms with van der Waals surface area (Å²) < 4.78 is 16.1. The molecule has 8 nitrogen and oxygen atoms in total. The number of benzene rings is 2. The van der Waals surface area contributed by atoms with Crippen LogP contribution < -0.4 is 15.1 Å². The molecular formula is C24H24N2O6. The smallest absolute Gasteiger partial charge is 0.340 e. The summed E-state index contributed by atoms with van der Waals surface area (Å²) in [6, 6.07) is 10.6. The highest BCUT2D eigenvalue weighted by Crippen LogP contribution is 2.33. The van der Waals surface area contributed by atoms with E-state index < -0.39 is 5.63 Å². The second kappa shape index (κ2) is 8.20. The van der Waals surface area contributed by atoms with Gasteiger partial charge in [0.2, 0.25) is 12.7 Å². The maximum Gasteiger partial charge on any atom is 0.340 e. The lowest BCUT2D eigenvalue weighted by molar-refractivity contribution is -0.132. The maximum absolute atomic E-state index is 12.9. The summed E-state index contributed by atoms with van der Waals surface area (Å²) in [5.41, 5.74) is 2.02. The van der Waals surface area contributed by atoms with Crippen molar-refractivity contribution in [2.75, 3.05) is 33.0 Å². The molecule has 0 atom stereocenters. The number of rotatable bonds is 4. The van der Waals surface area contributed by atoms with Gasteiger partial charge in [0.05, 0.1) is 12.0 Å². The Bertz CT molecular complexity index is 1240. The minimum absolute atomic E-state index is 0.00709. The van der Waals surface area contributed by atoms with Gasteiger partial charge in [0.15, 0.2) is 11.5 Å². The van der Waals surface area contributed by atoms with Gasteiger partial charge < -0.3 is 23.9 Å². The van der Waals surface area contributed by atoms with Crippen molar-refractivity contribution in [1.82, 2.24) is 9.80 Å². The zero-order valence-electron chi connectivity index (χ0n) is 17.8. The standard InChI is InChI=1S/C24H24N2O6/c1-15-18-4-3-17(27)11-21(18)32-24(29)19(15)12-23(28)26-8-6-25(7-9-26)13-16-2-5-20-22(10-16)31-14-30-20/h2-5,10-11,27H,6-9,12-14H2,1H3. The van der Waals surface area contributed by atoms with Gasteiger partial charge in [-0.15, -0.1) is 0 Å². The number of hydrogen-bond donors (Lipinski definition) is 1. The van der Waals surface area contributed by atoms with Gasteiger partial charge in [0, 0.05) is 44.2 Å². The predicted molar refractivity (Wildman–Crippen MR) is 117 cm³/mol. The van der Waals surface area contributed by atoms with Crippen LogP contribution in [0, 0.1) is 6.92 Å². The van der Waals surface area contributed by atoms with E-state index in [1.807, 2.05) is 25.1 Å². The van der Waals surface area contributed by atoms with E-state index in [1.165, 1.54) is 6.07 Å². The summed E-state index contributed by atoms with van der Waals surface area (Å²) in [6.07, 6.45) is 0.00709. The molecule has 1 fully saturated rings. The number of piperazine rings is 1. The van der Waals surface area contributed by atoms with Crippen molar-refractivity contribution in [2.45, 2.75) is 19.9 Å². The van der Waals surface area contributed by atoms with Crippen molar-refractivity contribution in [3.63, 3.8) is 0 Å². The SMILES string of the molecule is Cc1c(CC(=O)N2CCN(Cc3ccc4c(c3)OCO4)CC2)c(=O)oc2cc(O)ccc12. The Hall–Kier alpha value is -3.52. The monoisotopic (exact) mass is 436 g/mol. The minimum Gasteiger partial charge on any atom is -0.508 e. The summed E-state index contributed by atoms with van der Waals surface area (Å²) in [7, 11) is 0. The second-order valence-electron chi connectivity index (χ2n) is 8.19. The Morgan fingerprint density at radius 3 is 2.62 bits per heavy atom. The lowest BCUT2D eigenvalue weighted by Gasteiger charge is -2.34. The van der Waals surface area contributed by atoms with Gasteiger partial charge in [-0.2, -0.15) is 0 Å². The summed E-state index contributed by atoms with van der Waals surface area (Å²) in [4.78, 5) is 29.5. The van der Waals surface area contributed by atoms with Crippen molar-refractivity contribution in [3.8, 4) is 17.2 Å². The van der Waals surface area contributed by atoms with E-state index in [0.717, 1.165) is 42.1 Å². The number of nitrogens with zero attached hydrogens (tertiary/aromatic N) is 2. The molecule has 0 radical (unpaired) electrons. The highest BCUT2D eigenvalue weighted by Gasteiger charge is 2.24. The van der Waals surface area contributed by atoms with Crippen LogP contribution in [0.2, 0.25) is 0 Å². The first-order valence-corrected chi connectivity index (χ1v) is 10.6. The number of fused-ring (bicyclic) bond motifs is 2. The number of hydrogen-bond acceptors (Lipinski definition) is 7. The number of phenolic OH excluding ortho intramolecular Hbond substituents is 1. The van der Waals surface area contributed by atoms with Crippen LogP contribution in [0.25, 0.3) is 11.0 Å². The van der Waals surface area contributed by atoms with Crippen LogP contribution in [0.15, 0.2) is 45.6 Å². The fourth-order valence-corrected chi connectivity index (χ4v) is 4.30. The first-order valence-electron chi connectivity index (χ1n) is 10.6. The van der Waals surface area contributed by atoms with Gasteiger partial charge in [-0.05, 0) is 42.3 Å². The third kappa shape index (κ3) is 3.89. The molecular weight excluding hydrogens is 412 g/mol. The number of ether oxygens (including phenoxy) is 2. The fraction of sp³-hybridized carbons (Fsp3) is 0.333. The van der Waals surface area contributed by atoms with Gasteiger partial charge in [-0.1, -0.05) is 6.07 Å². The van der Waals surface area contributed by atoms with Crippen molar-refractivity contribution in [1.29, 1.82) is 0 Å². The molecule has 0 aliphatic carbocycles. The lowest BCUT2D eigenvalue weighted by Crippen LogP contribution is -2.49. The van der Waals surface area contributed by atoms with E-state index in [1.54, 1.807) is 17.0 Å². The van der Waals surface area contributed by atoms with Crippen LogP contribution in [-0.2, 0) is 17.8 Å². The topological polar surface area (TPSA) is 92.5 Å². The Balaban J connectivity index is 1.22. The summed E-state index contributed by atoms with van der Waals surface area (Å²) in [6.45, 7) is 5.57. The summed E-state index contributed by atoms with van der Waals surface area (Å²) >= 11 is 0. The molecule has 0 saturated carbocycles. The molecule has 3 aromatic rings. The Morgan fingerprint density at radius 1 is 1.03 bits per heavy atom. The fourth-order valence-electron chi connectivity index (χ4n) is 4.30. The normalized spacial score (nSPS) is 16.0. The molecule has 3 heterocycles. The van der Waals surface area contributed by atoms with Gasteiger partial charge in [-0.25, -0.2) is 4.79 Å². The Labute approximate surface area is 184 Å². The van der Waals surface area contributed by atoms with Crippen LogP contribution in [0.1, 0.15) is 16.7 Å². The molecule has 2 aliphatic rings. The highest BCUT2D eigenvalue weighted by molar-refractivity contribution is 5.85. The van der Waals surface area contributed by atoms with Crippen LogP contribution in [0.5, 0.6) is 17.2 Å². The summed E-state index contributed by atoms with van der Waals surface area (Å²) in [5, 5.41) is 10.3. The average molecular weight is 436 g/mol. The van der Waals surface area contributed by atoms with Crippen molar-refractivity contribution in [3.05, 3.63) is 63.5 Å². The number of amides is 1. The molecule has 1 N–H and O–H groups in total. The number of phenols is 1. The molecule has 8 heteroatoms. The van der Waals surface area contributed by atoms with Crippen LogP contribution in [0.4, 0.5) is 0 Å². The van der Waals surface area contributed by atoms with Gasteiger partial charge in [-0.3, -0.25) is 9.69 Å². The largest absolute Gasteiger partial charge is 0.508 e. The third-order valence-corrected chi connectivity index (χ3v) is 6.17. The van der Waals surface area contributed by atoms with Gasteiger partial charge in [0.25, 0.3) is 0 Å². The molecule has 1 saturated heterocycles. The van der Waals surface area contributed by atoms with Crippen LogP contribution >= 0.6 is 0 Å². The minimum atomic E-state index is -0.532. The molecule has 0 bridgehead atoms. The predicted octanol–water partition coefficient (Wildman–Crippen LogP) is 2.42. The quantitative estimate of drug-likeness (QED) is 0.628. The Morgan fingerprint density at radius 2 is 1.81 bits per heavy atom. The van der Waals surface area contributed by atoms with E-state index in [9.17, 15) is 14.7 Å².